The first-order chi connectivity index (χ1) is 12.0. The number of hydrogen-bond acceptors (Lipinski definition) is 5. The molecule has 1 amide bonds. The third-order valence-electron chi connectivity index (χ3n) is 5.54. The van der Waals surface area contributed by atoms with E-state index >= 15 is 0 Å². The van der Waals surface area contributed by atoms with Crippen LogP contribution < -0.4 is 10.5 Å². The predicted octanol–water partition coefficient (Wildman–Crippen LogP) is 0.424. The molecule has 0 radical (unpaired) electrons. The molecule has 2 aliphatic rings. The molecule has 8 heteroatoms. The largest absolute Gasteiger partial charge is 0.339 e. The van der Waals surface area contributed by atoms with E-state index in [1.54, 1.807) is 23.3 Å². The smallest absolute Gasteiger partial charge is 0.280 e. The maximum Gasteiger partial charge on any atom is 0.280 e. The van der Waals surface area contributed by atoms with Crippen molar-refractivity contribution in [3.8, 4) is 0 Å². The minimum absolute atomic E-state index is 0.0870. The number of carbonyl (C=O) groups excluding carboxylic acids is 1. The van der Waals surface area contributed by atoms with Gasteiger partial charge in [0.1, 0.15) is 5.52 Å². The Morgan fingerprint density at radius 3 is 2.40 bits per heavy atom. The van der Waals surface area contributed by atoms with Crippen LogP contribution >= 0.6 is 0 Å². The van der Waals surface area contributed by atoms with Crippen molar-refractivity contribution < 1.29 is 4.79 Å². The zero-order valence-corrected chi connectivity index (χ0v) is 15.0. The number of fused-ring (bicyclic) bond motifs is 1. The molecule has 0 atom stereocenters. The number of aryl methyl sites for hydroxylation is 2. The number of nitrogens with zero attached hydrogens (tertiary/aromatic N) is 6. The molecule has 2 aromatic rings. The fourth-order valence-electron chi connectivity index (χ4n) is 3.77. The van der Waals surface area contributed by atoms with E-state index in [1.165, 1.54) is 6.42 Å². The van der Waals surface area contributed by atoms with Gasteiger partial charge in [0.25, 0.3) is 5.56 Å². The Labute approximate surface area is 146 Å². The summed E-state index contributed by atoms with van der Waals surface area (Å²) in [5, 5.41) is 4.32. The van der Waals surface area contributed by atoms with Crippen LogP contribution in [0, 0.1) is 12.8 Å². The number of rotatable bonds is 2. The van der Waals surface area contributed by atoms with Gasteiger partial charge in [0.05, 0.1) is 5.69 Å². The average molecular weight is 344 g/mol. The molecule has 0 N–H and O–H groups in total. The van der Waals surface area contributed by atoms with E-state index in [4.69, 9.17) is 4.98 Å². The molecule has 2 aromatic heterocycles. The fraction of sp³-hybridized carbons (Fsp3) is 0.647. The van der Waals surface area contributed by atoms with Gasteiger partial charge < -0.3 is 9.80 Å². The number of amides is 1. The van der Waals surface area contributed by atoms with Crippen molar-refractivity contribution in [2.45, 2.75) is 26.2 Å². The van der Waals surface area contributed by atoms with Gasteiger partial charge >= 0.3 is 0 Å². The molecule has 0 unspecified atom stereocenters. The van der Waals surface area contributed by atoms with E-state index in [0.29, 0.717) is 49.1 Å². The predicted molar refractivity (Wildman–Crippen MR) is 94.6 cm³/mol. The quantitative estimate of drug-likeness (QED) is 0.789. The summed E-state index contributed by atoms with van der Waals surface area (Å²) in [6.07, 6.45) is 3.24. The molecular weight excluding hydrogens is 320 g/mol. The summed E-state index contributed by atoms with van der Waals surface area (Å²) in [6.45, 7) is 4.64. The Kier molecular flexibility index (Phi) is 3.77. The van der Waals surface area contributed by atoms with Crippen LogP contribution in [0.25, 0.3) is 11.0 Å². The molecule has 1 aliphatic heterocycles. The average Bonchev–Trinajstić information content (AvgIpc) is 2.83. The zero-order chi connectivity index (χ0) is 17.7. The third kappa shape index (κ3) is 2.51. The molecule has 1 saturated heterocycles. The van der Waals surface area contributed by atoms with Gasteiger partial charge in [0, 0.05) is 46.2 Å². The van der Waals surface area contributed by atoms with Crippen LogP contribution in [-0.2, 0) is 18.9 Å². The lowest BCUT2D eigenvalue weighted by Gasteiger charge is -2.38. The highest BCUT2D eigenvalue weighted by atomic mass is 16.2. The molecule has 0 spiro atoms. The fourth-order valence-corrected chi connectivity index (χ4v) is 3.77. The summed E-state index contributed by atoms with van der Waals surface area (Å²) in [6, 6.07) is 0. The van der Waals surface area contributed by atoms with Crippen LogP contribution in [0.2, 0.25) is 0 Å². The van der Waals surface area contributed by atoms with E-state index in [2.05, 4.69) is 10.00 Å². The van der Waals surface area contributed by atoms with Gasteiger partial charge in [0.15, 0.2) is 5.52 Å². The topological polar surface area (TPSA) is 76.3 Å². The Balaban J connectivity index is 1.59. The first kappa shape index (κ1) is 16.1. The number of aromatic nitrogens is 4. The lowest BCUT2D eigenvalue weighted by Crippen LogP contribution is -2.52. The molecule has 1 aliphatic carbocycles. The Morgan fingerprint density at radius 1 is 1.12 bits per heavy atom. The van der Waals surface area contributed by atoms with Crippen LogP contribution in [0.1, 0.15) is 25.0 Å². The highest BCUT2D eigenvalue weighted by Crippen LogP contribution is 2.29. The maximum absolute atomic E-state index is 12.7. The maximum atomic E-state index is 12.7. The second-order valence-corrected chi connectivity index (χ2v) is 7.12. The van der Waals surface area contributed by atoms with Crippen molar-refractivity contribution in [3.63, 3.8) is 0 Å². The van der Waals surface area contributed by atoms with Gasteiger partial charge in [0.2, 0.25) is 11.9 Å². The molecule has 4 rings (SSSR count). The highest BCUT2D eigenvalue weighted by Gasteiger charge is 2.32. The Morgan fingerprint density at radius 2 is 1.80 bits per heavy atom. The monoisotopic (exact) mass is 344 g/mol. The minimum atomic E-state index is -0.0870. The molecule has 0 aromatic carbocycles. The molecule has 134 valence electrons. The zero-order valence-electron chi connectivity index (χ0n) is 15.0. The molecule has 1 saturated carbocycles. The summed E-state index contributed by atoms with van der Waals surface area (Å²) >= 11 is 0. The van der Waals surface area contributed by atoms with E-state index in [-0.39, 0.29) is 11.5 Å². The summed E-state index contributed by atoms with van der Waals surface area (Å²) in [5.41, 5.74) is 1.86. The first-order valence-corrected chi connectivity index (χ1v) is 8.91. The summed E-state index contributed by atoms with van der Waals surface area (Å²) in [5.74, 6) is 1.19. The molecule has 0 bridgehead atoms. The Hall–Kier alpha value is -2.38. The van der Waals surface area contributed by atoms with Gasteiger partial charge in [-0.25, -0.2) is 4.98 Å². The summed E-state index contributed by atoms with van der Waals surface area (Å²) in [7, 11) is 3.52. The van der Waals surface area contributed by atoms with Crippen LogP contribution in [-0.4, -0.2) is 56.3 Å². The standard InChI is InChI=1S/C17H24N6O2/c1-11-13-14(21(3)19-11)16(25)20(2)17(18-13)23-9-7-22(8-10-23)15(24)12-5-4-6-12/h12H,4-10H2,1-3H3. The van der Waals surface area contributed by atoms with Gasteiger partial charge in [-0.1, -0.05) is 6.42 Å². The van der Waals surface area contributed by atoms with E-state index in [9.17, 15) is 9.59 Å². The van der Waals surface area contributed by atoms with E-state index in [1.807, 2.05) is 11.8 Å². The molecule has 3 heterocycles. The van der Waals surface area contributed by atoms with E-state index < -0.39 is 0 Å². The van der Waals surface area contributed by atoms with Crippen LogP contribution in [0.15, 0.2) is 4.79 Å². The first-order valence-electron chi connectivity index (χ1n) is 8.91. The van der Waals surface area contributed by atoms with Crippen molar-refractivity contribution >= 4 is 22.9 Å². The number of hydrogen-bond donors (Lipinski definition) is 0. The normalized spacial score (nSPS) is 18.7. The van der Waals surface area contributed by atoms with Gasteiger partial charge in [-0.2, -0.15) is 5.10 Å². The molecule has 2 fully saturated rings. The van der Waals surface area contributed by atoms with Gasteiger partial charge in [-0.3, -0.25) is 18.8 Å². The Bertz CT molecular complexity index is 887. The number of anilines is 1. The van der Waals surface area contributed by atoms with Crippen molar-refractivity contribution in [2.75, 3.05) is 31.1 Å². The lowest BCUT2D eigenvalue weighted by molar-refractivity contribution is -0.138. The highest BCUT2D eigenvalue weighted by molar-refractivity contribution is 5.80. The minimum Gasteiger partial charge on any atom is -0.339 e. The van der Waals surface area contributed by atoms with Crippen LogP contribution in [0.4, 0.5) is 5.95 Å². The number of carbonyl (C=O) groups is 1. The van der Waals surface area contributed by atoms with Gasteiger partial charge in [-0.05, 0) is 19.8 Å². The third-order valence-corrected chi connectivity index (χ3v) is 5.54. The van der Waals surface area contributed by atoms with Crippen molar-refractivity contribution in [3.05, 3.63) is 16.0 Å². The summed E-state index contributed by atoms with van der Waals surface area (Å²) in [4.78, 5) is 33.9. The van der Waals surface area contributed by atoms with Crippen LogP contribution in [0.3, 0.4) is 0 Å². The van der Waals surface area contributed by atoms with Crippen LogP contribution in [0.5, 0.6) is 0 Å². The SMILES string of the molecule is Cc1nn(C)c2c(=O)n(C)c(N3CCN(C(=O)C4CCC4)CC3)nc12. The van der Waals surface area contributed by atoms with Crippen molar-refractivity contribution in [1.29, 1.82) is 0 Å². The van der Waals surface area contributed by atoms with Gasteiger partial charge in [-0.15, -0.1) is 0 Å². The molecule has 8 nitrogen and oxygen atoms in total. The van der Waals surface area contributed by atoms with E-state index in [0.717, 1.165) is 18.5 Å². The second kappa shape index (κ2) is 5.86. The van der Waals surface area contributed by atoms with Crippen molar-refractivity contribution in [1.82, 2.24) is 24.2 Å². The lowest BCUT2D eigenvalue weighted by atomic mass is 9.84. The number of piperazine rings is 1. The summed E-state index contributed by atoms with van der Waals surface area (Å²) < 4.78 is 3.19. The van der Waals surface area contributed by atoms with Crippen molar-refractivity contribution in [2.24, 2.45) is 20.0 Å². The molecular formula is C17H24N6O2. The second-order valence-electron chi connectivity index (χ2n) is 7.12. The molecule has 25 heavy (non-hydrogen) atoms.